The van der Waals surface area contributed by atoms with E-state index in [9.17, 15) is 0 Å². The monoisotopic (exact) mass is 485 g/mol. The maximum absolute atomic E-state index is 6.55. The van der Waals surface area contributed by atoms with Crippen molar-refractivity contribution in [3.63, 3.8) is 0 Å². The first-order valence-corrected chi connectivity index (χ1v) is 26.6. The van der Waals surface area contributed by atoms with Gasteiger partial charge in [0.15, 0.2) is 33.3 Å². The molecule has 0 unspecified atom stereocenters. The van der Waals surface area contributed by atoms with Gasteiger partial charge in [-0.25, -0.2) is 0 Å². The molecular formula is C16H45O5Si6. The van der Waals surface area contributed by atoms with Crippen LogP contribution in [-0.2, 0) is 20.9 Å². The summed E-state index contributed by atoms with van der Waals surface area (Å²) in [5, 5.41) is 0. The van der Waals surface area contributed by atoms with E-state index in [-0.39, 0.29) is 0 Å². The molecule has 0 fully saturated rings. The van der Waals surface area contributed by atoms with E-state index >= 15 is 0 Å². The average molecular weight is 486 g/mol. The summed E-state index contributed by atoms with van der Waals surface area (Å²) in [4.78, 5) is 0. The van der Waals surface area contributed by atoms with Crippen molar-refractivity contribution in [2.24, 2.45) is 0 Å². The molecular weight excluding hydrogens is 441 g/mol. The Balaban J connectivity index is 5.31. The normalized spacial score (nSPS) is 15.1. The molecule has 1 radical (unpaired) electrons. The zero-order chi connectivity index (χ0) is 21.6. The van der Waals surface area contributed by atoms with E-state index in [2.05, 4.69) is 78.9 Å². The van der Waals surface area contributed by atoms with Gasteiger partial charge in [-0.05, 0) is 84.1 Å². The molecule has 0 atom stereocenters. The third kappa shape index (κ3) is 15.6. The van der Waals surface area contributed by atoms with E-state index in [4.69, 9.17) is 20.9 Å². The van der Waals surface area contributed by atoms with Crippen molar-refractivity contribution in [1.82, 2.24) is 0 Å². The molecule has 0 aliphatic carbocycles. The van der Waals surface area contributed by atoms with Crippen LogP contribution in [0.25, 0.3) is 0 Å². The molecule has 0 aromatic carbocycles. The van der Waals surface area contributed by atoms with Crippen molar-refractivity contribution in [3.05, 3.63) is 6.92 Å². The summed E-state index contributed by atoms with van der Waals surface area (Å²) in [5.41, 5.74) is 0. The molecule has 0 spiro atoms. The first-order valence-electron chi connectivity index (χ1n) is 10.1. The molecule has 0 aromatic rings. The first kappa shape index (κ1) is 28.1. The molecule has 0 N–H and O–H groups in total. The van der Waals surface area contributed by atoms with Crippen LogP contribution in [0.15, 0.2) is 0 Å². The fourth-order valence-electron chi connectivity index (χ4n) is 2.22. The van der Waals surface area contributed by atoms with Crippen molar-refractivity contribution in [2.45, 2.75) is 90.5 Å². The second kappa shape index (κ2) is 10.9. The van der Waals surface area contributed by atoms with Gasteiger partial charge in [0.2, 0.25) is 0 Å². The summed E-state index contributed by atoms with van der Waals surface area (Å²) >= 11 is 0. The molecule has 0 heterocycles. The standard InChI is InChI=1S/C16H45O5Si6/c1-13-15-22-18-26(11,12)16-14-17-27(19-23(2,3)4,20-24(5,6)7)21-25(8,9)10/h1,13-16,22H2,2-12H3. The summed E-state index contributed by atoms with van der Waals surface area (Å²) in [6, 6.07) is 2.08. The SMILES string of the molecule is [CH2]CC[SiH2]O[Si](C)(C)CCO[Si](O[Si](C)(C)C)(O[Si](C)(C)C)O[Si](C)(C)C. The van der Waals surface area contributed by atoms with Gasteiger partial charge >= 0.3 is 9.05 Å². The number of rotatable bonds is 14. The highest BCUT2D eigenvalue weighted by Crippen LogP contribution is 2.27. The van der Waals surface area contributed by atoms with Crippen LogP contribution in [0.4, 0.5) is 0 Å². The lowest BCUT2D eigenvalue weighted by molar-refractivity contribution is 0.0885. The molecule has 0 saturated heterocycles. The molecule has 0 amide bonds. The Hall–Kier alpha value is 1.10. The molecule has 0 aliphatic heterocycles. The second-order valence-electron chi connectivity index (χ2n) is 10.6. The fraction of sp³-hybridized carbons (Fsp3) is 0.938. The van der Waals surface area contributed by atoms with Gasteiger partial charge < -0.3 is 20.9 Å². The Morgan fingerprint density at radius 3 is 1.44 bits per heavy atom. The van der Waals surface area contributed by atoms with Crippen LogP contribution in [0, 0.1) is 6.92 Å². The van der Waals surface area contributed by atoms with Crippen LogP contribution in [0.3, 0.4) is 0 Å². The highest BCUT2D eigenvalue weighted by molar-refractivity contribution is 6.87. The van der Waals surface area contributed by atoms with Crippen molar-refractivity contribution in [2.75, 3.05) is 6.61 Å². The van der Waals surface area contributed by atoms with Crippen molar-refractivity contribution in [1.29, 1.82) is 0 Å². The topological polar surface area (TPSA) is 46.2 Å². The largest absolute Gasteiger partial charge is 0.647 e. The molecule has 11 heteroatoms. The van der Waals surface area contributed by atoms with E-state index in [1.807, 2.05) is 0 Å². The van der Waals surface area contributed by atoms with Gasteiger partial charge in [0, 0.05) is 6.61 Å². The van der Waals surface area contributed by atoms with Crippen LogP contribution in [0.2, 0.25) is 84.1 Å². The minimum Gasteiger partial charge on any atom is -0.460 e. The molecule has 0 saturated carbocycles. The predicted molar refractivity (Wildman–Crippen MR) is 132 cm³/mol. The van der Waals surface area contributed by atoms with E-state index in [1.165, 1.54) is 0 Å². The van der Waals surface area contributed by atoms with Crippen molar-refractivity contribution in [3.8, 4) is 0 Å². The van der Waals surface area contributed by atoms with Crippen LogP contribution in [0.1, 0.15) is 6.42 Å². The zero-order valence-electron chi connectivity index (χ0n) is 19.8. The van der Waals surface area contributed by atoms with Crippen molar-refractivity contribution >= 4 is 52.1 Å². The van der Waals surface area contributed by atoms with Crippen LogP contribution < -0.4 is 0 Å². The summed E-state index contributed by atoms with van der Waals surface area (Å²) in [7, 11) is -11.1. The summed E-state index contributed by atoms with van der Waals surface area (Å²) < 4.78 is 32.3. The zero-order valence-corrected chi connectivity index (χ0v) is 26.2. The Labute approximate surface area is 176 Å². The van der Waals surface area contributed by atoms with Crippen molar-refractivity contribution < 1.29 is 20.9 Å². The Bertz CT molecular complexity index is 388. The molecule has 0 rings (SSSR count). The third-order valence-electron chi connectivity index (χ3n) is 3.16. The molecule has 163 valence electrons. The Kier molecular flexibility index (Phi) is 11.4. The summed E-state index contributed by atoms with van der Waals surface area (Å²) in [6.45, 7) is 28.6. The van der Waals surface area contributed by atoms with Crippen LogP contribution >= 0.6 is 0 Å². The average Bonchev–Trinajstić information content (AvgIpc) is 2.31. The summed E-state index contributed by atoms with van der Waals surface area (Å²) in [6.07, 6.45) is 0.974. The lowest BCUT2D eigenvalue weighted by Crippen LogP contribution is -2.62. The molecule has 0 bridgehead atoms. The van der Waals surface area contributed by atoms with E-state index in [1.54, 1.807) is 0 Å². The quantitative estimate of drug-likeness (QED) is 0.257. The van der Waals surface area contributed by atoms with Gasteiger partial charge in [-0.2, -0.15) is 0 Å². The minimum absolute atomic E-state index is 0.456. The second-order valence-corrected chi connectivity index (χ2v) is 33.3. The first-order chi connectivity index (χ1) is 11.9. The Morgan fingerprint density at radius 1 is 0.704 bits per heavy atom. The smallest absolute Gasteiger partial charge is 0.460 e. The molecule has 0 aliphatic rings. The Morgan fingerprint density at radius 2 is 1.11 bits per heavy atom. The van der Waals surface area contributed by atoms with Gasteiger partial charge in [-0.3, -0.25) is 0 Å². The van der Waals surface area contributed by atoms with E-state index < -0.39 is 52.1 Å². The summed E-state index contributed by atoms with van der Waals surface area (Å²) in [5.74, 6) is 0. The molecule has 5 nitrogen and oxygen atoms in total. The van der Waals surface area contributed by atoms with Gasteiger partial charge in [0.05, 0.1) is 0 Å². The molecule has 27 heavy (non-hydrogen) atoms. The highest BCUT2D eigenvalue weighted by Gasteiger charge is 2.53. The predicted octanol–water partition coefficient (Wildman–Crippen LogP) is 4.94. The van der Waals surface area contributed by atoms with Crippen LogP contribution in [0.5, 0.6) is 0 Å². The minimum atomic E-state index is -3.19. The number of hydrogen-bond acceptors (Lipinski definition) is 5. The lowest BCUT2D eigenvalue weighted by Gasteiger charge is -2.41. The van der Waals surface area contributed by atoms with E-state index in [0.29, 0.717) is 6.61 Å². The fourth-order valence-corrected chi connectivity index (χ4v) is 18.3. The van der Waals surface area contributed by atoms with Gasteiger partial charge in [0.25, 0.3) is 0 Å². The van der Waals surface area contributed by atoms with Crippen LogP contribution in [-0.4, -0.2) is 58.7 Å². The maximum atomic E-state index is 6.55. The van der Waals surface area contributed by atoms with Gasteiger partial charge in [-0.1, -0.05) is 13.3 Å². The lowest BCUT2D eigenvalue weighted by atomic mass is 10.6. The van der Waals surface area contributed by atoms with E-state index in [0.717, 1.165) is 18.5 Å². The maximum Gasteiger partial charge on any atom is 0.647 e. The van der Waals surface area contributed by atoms with Gasteiger partial charge in [-0.15, -0.1) is 0 Å². The van der Waals surface area contributed by atoms with Gasteiger partial charge in [0.1, 0.15) is 9.76 Å². The molecule has 0 aromatic heterocycles. The third-order valence-corrected chi connectivity index (χ3v) is 20.2. The number of hydrogen-bond donors (Lipinski definition) is 0. The highest BCUT2D eigenvalue weighted by atomic mass is 28.5.